The Balaban J connectivity index is 1.60. The van der Waals surface area contributed by atoms with E-state index < -0.39 is 0 Å². The van der Waals surface area contributed by atoms with E-state index in [1.165, 1.54) is 0 Å². The molecule has 0 fully saturated rings. The topological polar surface area (TPSA) is 76.4 Å². The van der Waals surface area contributed by atoms with Crippen molar-refractivity contribution < 1.29 is 14.1 Å². The van der Waals surface area contributed by atoms with Crippen LogP contribution in [-0.2, 0) is 0 Å². The predicted octanol–water partition coefficient (Wildman–Crippen LogP) is 3.61. The van der Waals surface area contributed by atoms with Crippen molar-refractivity contribution in [1.29, 1.82) is 0 Å². The summed E-state index contributed by atoms with van der Waals surface area (Å²) in [4.78, 5) is 12.4. The van der Waals surface area contributed by atoms with Gasteiger partial charge in [0.05, 0.1) is 18.3 Å². The van der Waals surface area contributed by atoms with Crippen LogP contribution >= 0.6 is 0 Å². The number of ether oxygens (including phenoxy) is 1. The van der Waals surface area contributed by atoms with Gasteiger partial charge < -0.3 is 19.9 Å². The SMILES string of the molecule is CC[C@@H](NC(=O)NC[C@H]1CCOc2ccccc21)c1c(C)noc1C. The molecule has 1 aromatic heterocycles. The van der Waals surface area contributed by atoms with Crippen molar-refractivity contribution in [3.05, 3.63) is 46.8 Å². The second-order valence-electron chi connectivity index (χ2n) is 6.42. The number of carbonyl (C=O) groups is 1. The summed E-state index contributed by atoms with van der Waals surface area (Å²) in [7, 11) is 0. The molecule has 0 radical (unpaired) electrons. The van der Waals surface area contributed by atoms with Gasteiger partial charge in [0, 0.05) is 18.0 Å². The summed E-state index contributed by atoms with van der Waals surface area (Å²) in [6.07, 6.45) is 1.68. The molecule has 2 aromatic rings. The van der Waals surface area contributed by atoms with E-state index in [0.29, 0.717) is 13.2 Å². The first-order chi connectivity index (χ1) is 12.1. The molecule has 6 heteroatoms. The molecule has 134 valence electrons. The van der Waals surface area contributed by atoms with Crippen LogP contribution in [0.4, 0.5) is 4.79 Å². The molecule has 2 amide bonds. The Labute approximate surface area is 147 Å². The maximum atomic E-state index is 12.4. The fourth-order valence-corrected chi connectivity index (χ4v) is 3.42. The first kappa shape index (κ1) is 17.3. The maximum absolute atomic E-state index is 12.4. The van der Waals surface area contributed by atoms with E-state index in [1.54, 1.807) is 0 Å². The molecule has 0 saturated carbocycles. The van der Waals surface area contributed by atoms with Crippen LogP contribution in [0.5, 0.6) is 5.75 Å². The van der Waals surface area contributed by atoms with Gasteiger partial charge in [0.2, 0.25) is 0 Å². The van der Waals surface area contributed by atoms with Crippen molar-refractivity contribution in [2.45, 2.75) is 45.6 Å². The lowest BCUT2D eigenvalue weighted by Gasteiger charge is -2.26. The predicted molar refractivity (Wildman–Crippen MR) is 94.8 cm³/mol. The van der Waals surface area contributed by atoms with Crippen LogP contribution in [0.2, 0.25) is 0 Å². The second kappa shape index (κ2) is 7.59. The summed E-state index contributed by atoms with van der Waals surface area (Å²) in [6, 6.07) is 7.75. The lowest BCUT2D eigenvalue weighted by atomic mass is 9.93. The van der Waals surface area contributed by atoms with Gasteiger partial charge >= 0.3 is 6.03 Å². The molecule has 2 heterocycles. The third kappa shape index (κ3) is 3.78. The Morgan fingerprint density at radius 2 is 2.16 bits per heavy atom. The highest BCUT2D eigenvalue weighted by molar-refractivity contribution is 5.74. The zero-order chi connectivity index (χ0) is 17.8. The van der Waals surface area contributed by atoms with Gasteiger partial charge in [-0.2, -0.15) is 0 Å². The van der Waals surface area contributed by atoms with Crippen molar-refractivity contribution in [3.63, 3.8) is 0 Å². The number of para-hydroxylation sites is 1. The fraction of sp³-hybridized carbons (Fsp3) is 0.474. The van der Waals surface area contributed by atoms with Crippen molar-refractivity contribution in [2.24, 2.45) is 0 Å². The van der Waals surface area contributed by atoms with E-state index in [0.717, 1.165) is 41.2 Å². The highest BCUT2D eigenvalue weighted by Gasteiger charge is 2.23. The number of fused-ring (bicyclic) bond motifs is 1. The summed E-state index contributed by atoms with van der Waals surface area (Å²) < 4.78 is 10.9. The number of nitrogens with one attached hydrogen (secondary N) is 2. The molecule has 0 unspecified atom stereocenters. The first-order valence-electron chi connectivity index (χ1n) is 8.79. The van der Waals surface area contributed by atoms with Gasteiger partial charge in [-0.3, -0.25) is 0 Å². The third-order valence-electron chi connectivity index (χ3n) is 4.74. The molecule has 0 spiro atoms. The van der Waals surface area contributed by atoms with E-state index in [1.807, 2.05) is 39.0 Å². The van der Waals surface area contributed by atoms with E-state index in [4.69, 9.17) is 9.26 Å². The number of carbonyl (C=O) groups excluding carboxylic acids is 1. The molecular weight excluding hydrogens is 318 g/mol. The standard InChI is InChI=1S/C19H25N3O3/c1-4-16(18-12(2)22-25-13(18)3)21-19(23)20-11-14-9-10-24-17-8-6-5-7-15(14)17/h5-8,14,16H,4,9-11H2,1-3H3,(H2,20,21,23)/t14-,16-/m1/s1. The Morgan fingerprint density at radius 1 is 1.36 bits per heavy atom. The zero-order valence-corrected chi connectivity index (χ0v) is 15.0. The zero-order valence-electron chi connectivity index (χ0n) is 15.0. The molecule has 0 aliphatic carbocycles. The van der Waals surface area contributed by atoms with Crippen LogP contribution in [-0.4, -0.2) is 24.3 Å². The van der Waals surface area contributed by atoms with E-state index in [9.17, 15) is 4.79 Å². The molecule has 0 bridgehead atoms. The van der Waals surface area contributed by atoms with Crippen LogP contribution in [0.25, 0.3) is 0 Å². The van der Waals surface area contributed by atoms with Gasteiger partial charge in [0.15, 0.2) is 0 Å². The highest BCUT2D eigenvalue weighted by Crippen LogP contribution is 2.32. The fourth-order valence-electron chi connectivity index (χ4n) is 3.42. The third-order valence-corrected chi connectivity index (χ3v) is 4.74. The minimum absolute atomic E-state index is 0.103. The number of hydrogen-bond donors (Lipinski definition) is 2. The molecule has 6 nitrogen and oxygen atoms in total. The quantitative estimate of drug-likeness (QED) is 0.869. The minimum Gasteiger partial charge on any atom is -0.493 e. The number of nitrogens with zero attached hydrogens (tertiary/aromatic N) is 1. The molecule has 25 heavy (non-hydrogen) atoms. The lowest BCUT2D eigenvalue weighted by Crippen LogP contribution is -2.40. The van der Waals surface area contributed by atoms with Crippen LogP contribution in [0.1, 0.15) is 54.3 Å². The van der Waals surface area contributed by atoms with Crippen LogP contribution in [0, 0.1) is 13.8 Å². The number of hydrogen-bond acceptors (Lipinski definition) is 4. The Hall–Kier alpha value is -2.50. The Kier molecular flexibility index (Phi) is 5.26. The number of aromatic nitrogens is 1. The first-order valence-corrected chi connectivity index (χ1v) is 8.79. The summed E-state index contributed by atoms with van der Waals surface area (Å²) in [6.45, 7) is 7.07. The van der Waals surface area contributed by atoms with Gasteiger partial charge in [-0.1, -0.05) is 30.3 Å². The number of rotatable bonds is 5. The van der Waals surface area contributed by atoms with E-state index >= 15 is 0 Å². The van der Waals surface area contributed by atoms with Gasteiger partial charge in [-0.25, -0.2) is 4.79 Å². The molecule has 2 atom stereocenters. The minimum atomic E-state index is -0.171. The molecular formula is C19H25N3O3. The number of amides is 2. The molecule has 1 aromatic carbocycles. The largest absolute Gasteiger partial charge is 0.493 e. The van der Waals surface area contributed by atoms with Gasteiger partial charge in [-0.05, 0) is 38.3 Å². The van der Waals surface area contributed by atoms with Crippen molar-refractivity contribution in [1.82, 2.24) is 15.8 Å². The van der Waals surface area contributed by atoms with E-state index in [2.05, 4.69) is 21.9 Å². The normalized spacial score (nSPS) is 17.3. The highest BCUT2D eigenvalue weighted by atomic mass is 16.5. The Morgan fingerprint density at radius 3 is 2.88 bits per heavy atom. The lowest BCUT2D eigenvalue weighted by molar-refractivity contribution is 0.231. The van der Waals surface area contributed by atoms with Crippen LogP contribution < -0.4 is 15.4 Å². The van der Waals surface area contributed by atoms with Crippen molar-refractivity contribution >= 4 is 6.03 Å². The Bertz CT molecular complexity index is 722. The van der Waals surface area contributed by atoms with Gasteiger partial charge in [-0.15, -0.1) is 0 Å². The summed E-state index contributed by atoms with van der Waals surface area (Å²) in [5.41, 5.74) is 2.95. The summed E-state index contributed by atoms with van der Waals surface area (Å²) >= 11 is 0. The molecule has 3 rings (SSSR count). The van der Waals surface area contributed by atoms with Crippen LogP contribution in [0.3, 0.4) is 0 Å². The van der Waals surface area contributed by atoms with Crippen LogP contribution in [0.15, 0.2) is 28.8 Å². The maximum Gasteiger partial charge on any atom is 0.315 e. The molecule has 1 aliphatic heterocycles. The van der Waals surface area contributed by atoms with Crippen molar-refractivity contribution in [3.8, 4) is 5.75 Å². The summed E-state index contributed by atoms with van der Waals surface area (Å²) in [5.74, 6) is 1.95. The second-order valence-corrected chi connectivity index (χ2v) is 6.42. The molecule has 1 aliphatic rings. The number of urea groups is 1. The average Bonchev–Trinajstić information content (AvgIpc) is 2.96. The van der Waals surface area contributed by atoms with Crippen molar-refractivity contribution in [2.75, 3.05) is 13.2 Å². The average molecular weight is 343 g/mol. The monoisotopic (exact) mass is 343 g/mol. The van der Waals surface area contributed by atoms with Gasteiger partial charge in [0.25, 0.3) is 0 Å². The number of benzene rings is 1. The smallest absolute Gasteiger partial charge is 0.315 e. The van der Waals surface area contributed by atoms with E-state index in [-0.39, 0.29) is 18.0 Å². The molecule has 0 saturated heterocycles. The number of aryl methyl sites for hydroxylation is 2. The molecule has 2 N–H and O–H groups in total. The summed E-state index contributed by atoms with van der Waals surface area (Å²) in [5, 5.41) is 10.0. The van der Waals surface area contributed by atoms with Gasteiger partial charge in [0.1, 0.15) is 11.5 Å².